The average molecular weight is 198 g/mol. The van der Waals surface area contributed by atoms with Crippen molar-refractivity contribution in [1.29, 1.82) is 0 Å². The van der Waals surface area contributed by atoms with Crippen molar-refractivity contribution in [3.8, 4) is 0 Å². The van der Waals surface area contributed by atoms with Gasteiger partial charge in [-0.15, -0.1) is 0 Å². The zero-order chi connectivity index (χ0) is 10.4. The Hall–Kier alpha value is -0.770. The second-order valence-corrected chi connectivity index (χ2v) is 4.33. The summed E-state index contributed by atoms with van der Waals surface area (Å²) < 4.78 is 0. The van der Waals surface area contributed by atoms with E-state index in [1.165, 1.54) is 25.7 Å². The molecule has 0 atom stereocenters. The Morgan fingerprint density at radius 1 is 1.36 bits per heavy atom. The largest absolute Gasteiger partial charge is 0.369 e. The molecule has 0 aromatic rings. The van der Waals surface area contributed by atoms with Crippen LogP contribution in [0.5, 0.6) is 0 Å². The van der Waals surface area contributed by atoms with Crippen molar-refractivity contribution < 1.29 is 0 Å². The quantitative estimate of drug-likeness (QED) is 0.274. The molecule has 4 nitrogen and oxygen atoms in total. The first-order valence-corrected chi connectivity index (χ1v) is 5.49. The summed E-state index contributed by atoms with van der Waals surface area (Å²) in [7, 11) is 0. The summed E-state index contributed by atoms with van der Waals surface area (Å²) in [5.74, 6) is 7.21. The minimum Gasteiger partial charge on any atom is -0.369 e. The number of rotatable bonds is 3. The van der Waals surface area contributed by atoms with E-state index >= 15 is 0 Å². The molecule has 0 radical (unpaired) electrons. The van der Waals surface area contributed by atoms with E-state index in [0.717, 1.165) is 24.8 Å². The summed E-state index contributed by atoms with van der Waals surface area (Å²) in [5, 5.41) is 0. The Kier molecular flexibility index (Phi) is 4.73. The van der Waals surface area contributed by atoms with Gasteiger partial charge >= 0.3 is 0 Å². The number of hydrogen-bond acceptors (Lipinski definition) is 2. The third-order valence-corrected chi connectivity index (χ3v) is 3.10. The molecule has 5 N–H and O–H groups in total. The minimum atomic E-state index is 0.342. The summed E-state index contributed by atoms with van der Waals surface area (Å²) in [4.78, 5) is 4.11. The van der Waals surface area contributed by atoms with Crippen molar-refractivity contribution in [3.05, 3.63) is 0 Å². The molecule has 0 spiro atoms. The van der Waals surface area contributed by atoms with E-state index in [1.54, 1.807) is 0 Å². The molecule has 1 aliphatic rings. The molecule has 82 valence electrons. The fourth-order valence-electron chi connectivity index (χ4n) is 2.03. The van der Waals surface area contributed by atoms with Gasteiger partial charge in [0, 0.05) is 6.54 Å². The van der Waals surface area contributed by atoms with Crippen LogP contribution in [-0.2, 0) is 0 Å². The van der Waals surface area contributed by atoms with Crippen LogP contribution in [0.25, 0.3) is 0 Å². The maximum absolute atomic E-state index is 5.42. The smallest absolute Gasteiger partial charge is 0.203 e. The lowest BCUT2D eigenvalue weighted by atomic mass is 9.81. The molecule has 0 unspecified atom stereocenters. The lowest BCUT2D eigenvalue weighted by Crippen LogP contribution is -2.37. The van der Waals surface area contributed by atoms with Crippen molar-refractivity contribution >= 4 is 5.96 Å². The molecule has 0 aromatic heterocycles. The first-order chi connectivity index (χ1) is 6.72. The number of nitrogens with two attached hydrogens (primary N) is 2. The molecule has 0 bridgehead atoms. The van der Waals surface area contributed by atoms with E-state index in [1.807, 2.05) is 0 Å². The van der Waals surface area contributed by atoms with Gasteiger partial charge in [-0.1, -0.05) is 32.6 Å². The standard InChI is InChI=1S/C10H22N4/c1-8-2-4-9(5-3-8)6-7-13-10(11)14-12/h8-9H,2-7,12H2,1H3,(H3,11,13,14). The predicted octanol–water partition coefficient (Wildman–Crippen LogP) is 0.981. The molecule has 1 fully saturated rings. The van der Waals surface area contributed by atoms with Crippen molar-refractivity contribution in [2.45, 2.75) is 39.0 Å². The second-order valence-electron chi connectivity index (χ2n) is 4.33. The SMILES string of the molecule is CC1CCC(CCN=C(N)NN)CC1. The van der Waals surface area contributed by atoms with Crippen LogP contribution < -0.4 is 17.0 Å². The Morgan fingerprint density at radius 2 is 2.00 bits per heavy atom. The lowest BCUT2D eigenvalue weighted by Gasteiger charge is -2.25. The van der Waals surface area contributed by atoms with Crippen LogP contribution >= 0.6 is 0 Å². The van der Waals surface area contributed by atoms with Crippen molar-refractivity contribution in [3.63, 3.8) is 0 Å². The molecule has 1 rings (SSSR count). The number of hydrogen-bond donors (Lipinski definition) is 3. The van der Waals surface area contributed by atoms with Crippen LogP contribution in [0, 0.1) is 11.8 Å². The summed E-state index contributed by atoms with van der Waals surface area (Å²) in [5.41, 5.74) is 7.76. The highest BCUT2D eigenvalue weighted by molar-refractivity contribution is 5.76. The van der Waals surface area contributed by atoms with Crippen LogP contribution in [0.15, 0.2) is 4.99 Å². The highest BCUT2D eigenvalue weighted by Crippen LogP contribution is 2.30. The molecule has 4 heteroatoms. The maximum atomic E-state index is 5.42. The van der Waals surface area contributed by atoms with Crippen LogP contribution in [0.3, 0.4) is 0 Å². The molecule has 0 heterocycles. The first kappa shape index (κ1) is 11.3. The fraction of sp³-hybridized carbons (Fsp3) is 0.900. The number of hydrazine groups is 1. The van der Waals surface area contributed by atoms with Gasteiger partial charge in [-0.2, -0.15) is 0 Å². The topological polar surface area (TPSA) is 76.4 Å². The van der Waals surface area contributed by atoms with Crippen LogP contribution in [0.4, 0.5) is 0 Å². The van der Waals surface area contributed by atoms with Gasteiger partial charge in [-0.25, -0.2) is 5.84 Å². The molecular weight excluding hydrogens is 176 g/mol. The normalized spacial score (nSPS) is 28.9. The number of aliphatic imine (C=N–C) groups is 1. The third kappa shape index (κ3) is 3.96. The molecule has 0 amide bonds. The summed E-state index contributed by atoms with van der Waals surface area (Å²) in [6, 6.07) is 0. The van der Waals surface area contributed by atoms with E-state index < -0.39 is 0 Å². The van der Waals surface area contributed by atoms with Gasteiger partial charge in [0.1, 0.15) is 0 Å². The van der Waals surface area contributed by atoms with Crippen LogP contribution in [-0.4, -0.2) is 12.5 Å². The highest BCUT2D eigenvalue weighted by Gasteiger charge is 2.17. The first-order valence-electron chi connectivity index (χ1n) is 5.49. The lowest BCUT2D eigenvalue weighted by molar-refractivity contribution is 0.280. The molecule has 0 saturated heterocycles. The summed E-state index contributed by atoms with van der Waals surface area (Å²) in [6.45, 7) is 3.14. The fourth-order valence-corrected chi connectivity index (χ4v) is 2.03. The average Bonchev–Trinajstić information content (AvgIpc) is 2.21. The van der Waals surface area contributed by atoms with E-state index in [4.69, 9.17) is 11.6 Å². The Bertz CT molecular complexity index is 183. The molecule has 0 aliphatic heterocycles. The molecule has 1 aliphatic carbocycles. The van der Waals surface area contributed by atoms with Gasteiger partial charge in [0.2, 0.25) is 5.96 Å². The maximum Gasteiger partial charge on any atom is 0.203 e. The third-order valence-electron chi connectivity index (χ3n) is 3.10. The van der Waals surface area contributed by atoms with Crippen molar-refractivity contribution in [2.24, 2.45) is 28.4 Å². The number of nitrogens with one attached hydrogen (secondary N) is 1. The van der Waals surface area contributed by atoms with Gasteiger partial charge in [-0.3, -0.25) is 10.4 Å². The summed E-state index contributed by atoms with van der Waals surface area (Å²) in [6.07, 6.45) is 6.60. The Morgan fingerprint density at radius 3 is 2.57 bits per heavy atom. The molecule has 1 saturated carbocycles. The summed E-state index contributed by atoms with van der Waals surface area (Å²) >= 11 is 0. The van der Waals surface area contributed by atoms with Crippen LogP contribution in [0.1, 0.15) is 39.0 Å². The van der Waals surface area contributed by atoms with Gasteiger partial charge in [0.05, 0.1) is 0 Å². The van der Waals surface area contributed by atoms with E-state index in [2.05, 4.69) is 17.3 Å². The Labute approximate surface area is 86.1 Å². The minimum absolute atomic E-state index is 0.342. The highest BCUT2D eigenvalue weighted by atomic mass is 15.3. The number of nitrogens with zero attached hydrogens (tertiary/aromatic N) is 1. The molecular formula is C10H22N4. The monoisotopic (exact) mass is 198 g/mol. The zero-order valence-electron chi connectivity index (χ0n) is 9.00. The number of guanidine groups is 1. The van der Waals surface area contributed by atoms with Gasteiger partial charge in [-0.05, 0) is 18.3 Å². The molecule has 14 heavy (non-hydrogen) atoms. The van der Waals surface area contributed by atoms with Gasteiger partial charge < -0.3 is 5.73 Å². The van der Waals surface area contributed by atoms with Crippen LogP contribution in [0.2, 0.25) is 0 Å². The van der Waals surface area contributed by atoms with Crippen molar-refractivity contribution in [2.75, 3.05) is 6.54 Å². The molecule has 0 aromatic carbocycles. The predicted molar refractivity (Wildman–Crippen MR) is 59.6 cm³/mol. The van der Waals surface area contributed by atoms with Gasteiger partial charge in [0.25, 0.3) is 0 Å². The second kappa shape index (κ2) is 5.86. The van der Waals surface area contributed by atoms with Crippen molar-refractivity contribution in [1.82, 2.24) is 5.43 Å². The van der Waals surface area contributed by atoms with E-state index in [0.29, 0.717) is 5.96 Å². The van der Waals surface area contributed by atoms with Gasteiger partial charge in [0.15, 0.2) is 0 Å². The van der Waals surface area contributed by atoms with E-state index in [-0.39, 0.29) is 0 Å². The zero-order valence-corrected chi connectivity index (χ0v) is 9.00. The Balaban J connectivity index is 2.13. The van der Waals surface area contributed by atoms with E-state index in [9.17, 15) is 0 Å².